The molecule has 1 aromatic heterocycles. The average molecular weight is 153 g/mol. The van der Waals surface area contributed by atoms with E-state index in [4.69, 9.17) is 10.7 Å². The summed E-state index contributed by atoms with van der Waals surface area (Å²) in [6.07, 6.45) is 1.63. The van der Waals surface area contributed by atoms with Gasteiger partial charge >= 0.3 is 0 Å². The molecule has 0 atom stereocenters. The Morgan fingerprint density at radius 1 is 1.86 bits per heavy atom. The summed E-state index contributed by atoms with van der Waals surface area (Å²) in [5.74, 6) is 0. The summed E-state index contributed by atoms with van der Waals surface area (Å²) in [6, 6.07) is 0. The zero-order valence-electron chi connectivity index (χ0n) is 3.17. The average Bonchev–Trinajstić information content (AvgIpc) is 2.14. The highest BCUT2D eigenvalue weighted by atomic mass is 35.7. The third kappa shape index (κ3) is 1.29. The molecule has 7 heavy (non-hydrogen) atoms. The molecule has 0 saturated carbocycles. The van der Waals surface area contributed by atoms with Crippen LogP contribution in [0.3, 0.4) is 0 Å². The number of aromatic nitrogens is 2. The van der Waals surface area contributed by atoms with Gasteiger partial charge in [0.05, 0.1) is 6.20 Å². The number of hydrogen-bond donors (Lipinski definition) is 0. The lowest BCUT2D eigenvalue weighted by Crippen LogP contribution is -1.52. The van der Waals surface area contributed by atoms with E-state index >= 15 is 0 Å². The minimum absolute atomic E-state index is 0.932. The molecule has 1 aromatic rings. The fraction of sp³-hybridized carbons (Fsp3) is 0. The Hall–Kier alpha value is 0.200. The van der Waals surface area contributed by atoms with Gasteiger partial charge in [0.2, 0.25) is 0 Å². The molecular weight excluding hydrogens is 152 g/mol. The maximum absolute atomic E-state index is 5.32. The molecule has 0 amide bonds. The topological polar surface area (TPSA) is 25.8 Å². The summed E-state index contributed by atoms with van der Waals surface area (Å²) in [5, 5.41) is 3.56. The molecule has 0 aliphatic rings. The molecule has 0 aromatic carbocycles. The molecule has 1 rings (SSSR count). The van der Waals surface area contributed by atoms with E-state index in [1.807, 2.05) is 0 Å². The summed E-state index contributed by atoms with van der Waals surface area (Å²) in [6.45, 7) is 0. The molecule has 0 spiro atoms. The van der Waals surface area contributed by atoms with Gasteiger partial charge in [0, 0.05) is 0 Å². The third-order valence-corrected chi connectivity index (χ3v) is 2.38. The van der Waals surface area contributed by atoms with Crippen molar-refractivity contribution in [2.75, 3.05) is 0 Å². The van der Waals surface area contributed by atoms with Crippen LogP contribution in [0, 0.1) is 0 Å². The van der Waals surface area contributed by atoms with Gasteiger partial charge in [-0.2, -0.15) is 0 Å². The van der Waals surface area contributed by atoms with E-state index in [1.54, 1.807) is 6.20 Å². The Labute approximate surface area is 53.6 Å². The van der Waals surface area contributed by atoms with Crippen LogP contribution in [0.5, 0.6) is 0 Å². The molecule has 0 N–H and O–H groups in total. The second kappa shape index (κ2) is 2.49. The molecule has 0 bridgehead atoms. The van der Waals surface area contributed by atoms with Crippen LogP contribution >= 0.6 is 33.2 Å². The predicted octanol–water partition coefficient (Wildman–Crippen LogP) is 1.78. The maximum Gasteiger partial charge on any atom is 0.117 e. The molecule has 0 unspecified atom stereocenters. The first-order valence-corrected chi connectivity index (χ1v) is 3.91. The van der Waals surface area contributed by atoms with E-state index < -0.39 is 0 Å². The van der Waals surface area contributed by atoms with Crippen molar-refractivity contribution in [3.05, 3.63) is 6.20 Å². The first-order valence-electron chi connectivity index (χ1n) is 1.49. The molecule has 0 aliphatic heterocycles. The first kappa shape index (κ1) is 5.34. The standard InChI is InChI=1S/C2HClN2S2/c3-6-2-1-4-5-7-2/h1H. The van der Waals surface area contributed by atoms with Gasteiger partial charge < -0.3 is 0 Å². The van der Waals surface area contributed by atoms with E-state index in [9.17, 15) is 0 Å². The quantitative estimate of drug-likeness (QED) is 0.614. The second-order valence-corrected chi connectivity index (χ2v) is 2.91. The Bertz CT molecular complexity index is 128. The largest absolute Gasteiger partial charge is 0.145 e. The Morgan fingerprint density at radius 3 is 3.00 bits per heavy atom. The van der Waals surface area contributed by atoms with Crippen molar-refractivity contribution in [1.82, 2.24) is 9.59 Å². The van der Waals surface area contributed by atoms with Crippen molar-refractivity contribution in [2.45, 2.75) is 4.21 Å². The van der Waals surface area contributed by atoms with E-state index in [-0.39, 0.29) is 0 Å². The Kier molecular flexibility index (Phi) is 1.90. The Balaban J connectivity index is 2.76. The van der Waals surface area contributed by atoms with Gasteiger partial charge in [-0.25, -0.2) is 0 Å². The van der Waals surface area contributed by atoms with Gasteiger partial charge in [-0.1, -0.05) is 4.49 Å². The Morgan fingerprint density at radius 2 is 2.71 bits per heavy atom. The van der Waals surface area contributed by atoms with Crippen molar-refractivity contribution in [1.29, 1.82) is 0 Å². The monoisotopic (exact) mass is 152 g/mol. The van der Waals surface area contributed by atoms with Crippen LogP contribution in [0.1, 0.15) is 0 Å². The smallest absolute Gasteiger partial charge is 0.117 e. The van der Waals surface area contributed by atoms with Crippen molar-refractivity contribution >= 4 is 33.2 Å². The fourth-order valence-corrected chi connectivity index (χ4v) is 1.13. The summed E-state index contributed by atoms with van der Waals surface area (Å²) in [4.78, 5) is 0. The number of nitrogens with zero attached hydrogens (tertiary/aromatic N) is 2. The fourth-order valence-electron chi connectivity index (χ4n) is 0.192. The van der Waals surface area contributed by atoms with Crippen molar-refractivity contribution in [2.24, 2.45) is 0 Å². The van der Waals surface area contributed by atoms with Crippen LogP contribution in [0.2, 0.25) is 0 Å². The molecule has 2 nitrogen and oxygen atoms in total. The van der Waals surface area contributed by atoms with E-state index in [0.29, 0.717) is 0 Å². The normalized spacial score (nSPS) is 9.29. The highest BCUT2D eigenvalue weighted by Gasteiger charge is 1.89. The zero-order valence-corrected chi connectivity index (χ0v) is 5.56. The molecule has 0 saturated heterocycles. The lowest BCUT2D eigenvalue weighted by Gasteiger charge is -1.70. The van der Waals surface area contributed by atoms with Crippen LogP contribution < -0.4 is 0 Å². The molecule has 1 heterocycles. The van der Waals surface area contributed by atoms with E-state index in [2.05, 4.69) is 9.59 Å². The number of halogens is 1. The highest BCUT2D eigenvalue weighted by Crippen LogP contribution is 2.22. The molecular formula is C2HClN2S2. The van der Waals surface area contributed by atoms with Gasteiger partial charge in [-0.05, 0) is 33.2 Å². The maximum atomic E-state index is 5.32. The van der Waals surface area contributed by atoms with Gasteiger partial charge in [-0.3, -0.25) is 0 Å². The van der Waals surface area contributed by atoms with Gasteiger partial charge in [0.25, 0.3) is 0 Å². The van der Waals surface area contributed by atoms with Gasteiger partial charge in [0.15, 0.2) is 0 Å². The van der Waals surface area contributed by atoms with Crippen molar-refractivity contribution in [3.63, 3.8) is 0 Å². The van der Waals surface area contributed by atoms with Crippen molar-refractivity contribution < 1.29 is 0 Å². The van der Waals surface area contributed by atoms with Gasteiger partial charge in [0.1, 0.15) is 4.21 Å². The highest BCUT2D eigenvalue weighted by molar-refractivity contribution is 8.22. The second-order valence-electron chi connectivity index (χ2n) is 0.814. The summed E-state index contributed by atoms with van der Waals surface area (Å²) in [5.41, 5.74) is 0. The van der Waals surface area contributed by atoms with Gasteiger partial charge in [-0.15, -0.1) is 5.10 Å². The van der Waals surface area contributed by atoms with Crippen LogP contribution in [0.4, 0.5) is 0 Å². The molecule has 0 aliphatic carbocycles. The van der Waals surface area contributed by atoms with E-state index in [1.165, 1.54) is 11.5 Å². The minimum Gasteiger partial charge on any atom is -0.145 e. The predicted molar refractivity (Wildman–Crippen MR) is 31.6 cm³/mol. The molecule has 5 heteroatoms. The molecule has 0 fully saturated rings. The number of rotatable bonds is 1. The van der Waals surface area contributed by atoms with E-state index in [0.717, 1.165) is 15.2 Å². The van der Waals surface area contributed by atoms with Crippen LogP contribution in [-0.4, -0.2) is 9.59 Å². The molecule has 38 valence electrons. The lowest BCUT2D eigenvalue weighted by molar-refractivity contribution is 1.15. The van der Waals surface area contributed by atoms with Crippen LogP contribution in [0.25, 0.3) is 0 Å². The summed E-state index contributed by atoms with van der Waals surface area (Å²) >= 11 is 1.29. The first-order chi connectivity index (χ1) is 3.43. The minimum atomic E-state index is 0.932. The third-order valence-electron chi connectivity index (χ3n) is 0.417. The SMILES string of the molecule is ClSc1cnns1. The van der Waals surface area contributed by atoms with Crippen molar-refractivity contribution in [3.8, 4) is 0 Å². The zero-order chi connectivity index (χ0) is 5.11. The summed E-state index contributed by atoms with van der Waals surface area (Å²) in [7, 11) is 6.46. The number of hydrogen-bond acceptors (Lipinski definition) is 4. The lowest BCUT2D eigenvalue weighted by atomic mass is 11.0. The summed E-state index contributed by atoms with van der Waals surface area (Å²) < 4.78 is 4.51. The molecule has 0 radical (unpaired) electrons. The van der Waals surface area contributed by atoms with Crippen LogP contribution in [-0.2, 0) is 0 Å². The van der Waals surface area contributed by atoms with Crippen LogP contribution in [0.15, 0.2) is 10.4 Å².